The molecular formula is C24H26ClNO6. The molecule has 1 saturated heterocycles. The van der Waals surface area contributed by atoms with Gasteiger partial charge >= 0.3 is 0 Å². The van der Waals surface area contributed by atoms with Gasteiger partial charge in [0, 0.05) is 23.7 Å². The number of phenols is 1. The second-order valence-electron chi connectivity index (χ2n) is 7.70. The van der Waals surface area contributed by atoms with Crippen molar-refractivity contribution < 1.29 is 29.3 Å². The molecule has 1 aliphatic rings. The minimum absolute atomic E-state index is 0.0326. The van der Waals surface area contributed by atoms with Crippen LogP contribution in [-0.4, -0.2) is 53.2 Å². The van der Waals surface area contributed by atoms with Crippen LogP contribution in [0.2, 0.25) is 5.02 Å². The monoisotopic (exact) mass is 459 g/mol. The van der Waals surface area contributed by atoms with Gasteiger partial charge in [-0.25, -0.2) is 0 Å². The number of carbonyl (C=O) groups excluding carboxylic acids is 2. The number of carbonyl (C=O) groups is 2. The van der Waals surface area contributed by atoms with Crippen LogP contribution >= 0.6 is 11.6 Å². The number of phenolic OH excluding ortho intramolecular Hbond substituents is 1. The highest BCUT2D eigenvalue weighted by Crippen LogP contribution is 2.41. The maximum absolute atomic E-state index is 13.0. The zero-order valence-electron chi connectivity index (χ0n) is 18.2. The molecule has 1 atom stereocenters. The van der Waals surface area contributed by atoms with E-state index in [9.17, 15) is 19.8 Å². The Kier molecular flexibility index (Phi) is 7.43. The van der Waals surface area contributed by atoms with Gasteiger partial charge in [0.1, 0.15) is 5.76 Å². The van der Waals surface area contributed by atoms with Crippen LogP contribution in [-0.2, 0) is 14.3 Å². The van der Waals surface area contributed by atoms with Crippen molar-refractivity contribution in [3.63, 3.8) is 0 Å². The summed E-state index contributed by atoms with van der Waals surface area (Å²) in [6, 6.07) is 10.1. The first-order valence-corrected chi connectivity index (χ1v) is 10.6. The summed E-state index contributed by atoms with van der Waals surface area (Å²) >= 11 is 5.94. The molecule has 1 aliphatic heterocycles. The van der Waals surface area contributed by atoms with Crippen molar-refractivity contribution in [2.45, 2.75) is 32.4 Å². The summed E-state index contributed by atoms with van der Waals surface area (Å²) in [7, 11) is 1.41. The second kappa shape index (κ2) is 10.1. The van der Waals surface area contributed by atoms with E-state index >= 15 is 0 Å². The highest BCUT2D eigenvalue weighted by molar-refractivity contribution is 6.46. The summed E-state index contributed by atoms with van der Waals surface area (Å²) in [4.78, 5) is 27.3. The fourth-order valence-corrected chi connectivity index (χ4v) is 3.76. The van der Waals surface area contributed by atoms with E-state index in [0.29, 0.717) is 29.2 Å². The van der Waals surface area contributed by atoms with Gasteiger partial charge in [-0.3, -0.25) is 9.59 Å². The van der Waals surface area contributed by atoms with Crippen molar-refractivity contribution in [2.24, 2.45) is 0 Å². The minimum Gasteiger partial charge on any atom is -0.507 e. The quantitative estimate of drug-likeness (QED) is 0.264. The Bertz CT molecular complexity index is 1030. The Labute approximate surface area is 191 Å². The maximum Gasteiger partial charge on any atom is 0.295 e. The van der Waals surface area contributed by atoms with E-state index in [1.807, 2.05) is 13.8 Å². The normalized spacial score (nSPS) is 17.9. The summed E-state index contributed by atoms with van der Waals surface area (Å²) in [5.74, 6) is -1.65. The number of halogens is 1. The maximum atomic E-state index is 13.0. The topological polar surface area (TPSA) is 96.3 Å². The predicted octanol–water partition coefficient (Wildman–Crippen LogP) is 4.29. The van der Waals surface area contributed by atoms with Crippen LogP contribution in [0.4, 0.5) is 0 Å². The Hall–Kier alpha value is -3.03. The molecule has 8 heteroatoms. The molecule has 7 nitrogen and oxygen atoms in total. The third-order valence-corrected chi connectivity index (χ3v) is 5.42. The molecular weight excluding hydrogens is 434 g/mol. The second-order valence-corrected chi connectivity index (χ2v) is 8.14. The number of aromatic hydroxyl groups is 1. The fourth-order valence-electron chi connectivity index (χ4n) is 3.64. The number of amides is 1. The number of hydrogen-bond donors (Lipinski definition) is 2. The molecule has 2 N–H and O–H groups in total. The minimum atomic E-state index is -0.848. The van der Waals surface area contributed by atoms with E-state index < -0.39 is 17.7 Å². The number of methoxy groups -OCH3 is 1. The number of Topliss-reactive ketones (excluding diaryl/α,β-unsaturated/α-hetero) is 1. The fraction of sp³-hybridized carbons (Fsp3) is 0.333. The van der Waals surface area contributed by atoms with Crippen molar-refractivity contribution in [3.8, 4) is 11.5 Å². The van der Waals surface area contributed by atoms with E-state index in [0.717, 1.165) is 0 Å². The van der Waals surface area contributed by atoms with Gasteiger partial charge in [0.15, 0.2) is 11.5 Å². The van der Waals surface area contributed by atoms with Crippen molar-refractivity contribution in [3.05, 3.63) is 64.2 Å². The third-order valence-electron chi connectivity index (χ3n) is 5.17. The third kappa shape index (κ3) is 4.89. The van der Waals surface area contributed by atoms with Crippen molar-refractivity contribution >= 4 is 29.1 Å². The van der Waals surface area contributed by atoms with Crippen LogP contribution in [0.1, 0.15) is 37.4 Å². The largest absolute Gasteiger partial charge is 0.507 e. The van der Waals surface area contributed by atoms with E-state index in [1.165, 1.54) is 18.1 Å². The number of nitrogens with zero attached hydrogens (tertiary/aromatic N) is 1. The van der Waals surface area contributed by atoms with Crippen molar-refractivity contribution in [1.82, 2.24) is 4.90 Å². The van der Waals surface area contributed by atoms with Crippen molar-refractivity contribution in [1.29, 1.82) is 0 Å². The van der Waals surface area contributed by atoms with E-state index in [1.54, 1.807) is 36.4 Å². The summed E-state index contributed by atoms with van der Waals surface area (Å²) in [6.07, 6.45) is 0.560. The highest BCUT2D eigenvalue weighted by atomic mass is 35.5. The number of ether oxygens (including phenoxy) is 2. The van der Waals surface area contributed by atoms with E-state index in [4.69, 9.17) is 21.1 Å². The number of hydrogen-bond acceptors (Lipinski definition) is 6. The predicted molar refractivity (Wildman–Crippen MR) is 121 cm³/mol. The number of ketones is 1. The van der Waals surface area contributed by atoms with Gasteiger partial charge in [-0.2, -0.15) is 0 Å². The lowest BCUT2D eigenvalue weighted by atomic mass is 9.95. The number of benzene rings is 2. The number of rotatable bonds is 8. The molecule has 3 rings (SSSR count). The van der Waals surface area contributed by atoms with Crippen molar-refractivity contribution in [2.75, 3.05) is 20.3 Å². The van der Waals surface area contributed by atoms with Crippen LogP contribution in [0.3, 0.4) is 0 Å². The van der Waals surface area contributed by atoms with Crippen LogP contribution in [0.5, 0.6) is 11.5 Å². The lowest BCUT2D eigenvalue weighted by Crippen LogP contribution is -2.31. The Balaban J connectivity index is 2.07. The molecule has 1 amide bonds. The number of aliphatic hydroxyl groups is 1. The Morgan fingerprint density at radius 1 is 1.16 bits per heavy atom. The first-order chi connectivity index (χ1) is 15.2. The van der Waals surface area contributed by atoms with Gasteiger partial charge in [-0.1, -0.05) is 17.7 Å². The SMILES string of the molecule is COc1cc([C@@H]2C(=C(O)c3ccc(Cl)cc3)C(=O)C(=O)N2CCCOC(C)C)ccc1O. The van der Waals surface area contributed by atoms with Gasteiger partial charge < -0.3 is 24.6 Å². The van der Waals surface area contributed by atoms with E-state index in [2.05, 4.69) is 0 Å². The molecule has 2 aromatic rings. The first kappa shape index (κ1) is 23.6. The first-order valence-electron chi connectivity index (χ1n) is 10.3. The average molecular weight is 460 g/mol. The summed E-state index contributed by atoms with van der Waals surface area (Å²) < 4.78 is 10.8. The van der Waals surface area contributed by atoms with E-state index in [-0.39, 0.29) is 35.5 Å². The highest BCUT2D eigenvalue weighted by Gasteiger charge is 2.46. The molecule has 0 aromatic heterocycles. The molecule has 2 aromatic carbocycles. The van der Waals surface area contributed by atoms with Gasteiger partial charge in [-0.15, -0.1) is 0 Å². The molecule has 0 saturated carbocycles. The molecule has 0 aliphatic carbocycles. The zero-order valence-corrected chi connectivity index (χ0v) is 18.9. The Morgan fingerprint density at radius 2 is 1.84 bits per heavy atom. The lowest BCUT2D eigenvalue weighted by Gasteiger charge is -2.26. The number of likely N-dealkylation sites (tertiary alicyclic amines) is 1. The van der Waals surface area contributed by atoms with Crippen LogP contribution in [0, 0.1) is 0 Å². The average Bonchev–Trinajstić information content (AvgIpc) is 3.02. The molecule has 0 spiro atoms. The van der Waals surface area contributed by atoms with Crippen LogP contribution < -0.4 is 4.74 Å². The molecule has 0 unspecified atom stereocenters. The van der Waals surface area contributed by atoms with Crippen LogP contribution in [0.25, 0.3) is 5.76 Å². The zero-order chi connectivity index (χ0) is 23.4. The smallest absolute Gasteiger partial charge is 0.295 e. The molecule has 0 radical (unpaired) electrons. The Morgan fingerprint density at radius 3 is 2.47 bits per heavy atom. The molecule has 170 valence electrons. The van der Waals surface area contributed by atoms with Gasteiger partial charge in [-0.05, 0) is 62.2 Å². The van der Waals surface area contributed by atoms with Gasteiger partial charge in [0.25, 0.3) is 11.7 Å². The summed E-state index contributed by atoms with van der Waals surface area (Å²) in [5, 5.41) is 21.5. The molecule has 32 heavy (non-hydrogen) atoms. The van der Waals surface area contributed by atoms with Gasteiger partial charge in [0.05, 0.1) is 24.8 Å². The molecule has 0 bridgehead atoms. The lowest BCUT2D eigenvalue weighted by molar-refractivity contribution is -0.140. The summed E-state index contributed by atoms with van der Waals surface area (Å²) in [6.45, 7) is 4.51. The molecule has 1 heterocycles. The molecule has 1 fully saturated rings. The van der Waals surface area contributed by atoms with Gasteiger partial charge in [0.2, 0.25) is 0 Å². The number of aliphatic hydroxyl groups excluding tert-OH is 1. The summed E-state index contributed by atoms with van der Waals surface area (Å²) in [5.41, 5.74) is 0.861. The van der Waals surface area contributed by atoms with Crippen LogP contribution in [0.15, 0.2) is 48.0 Å². The standard InChI is InChI=1S/C24H26ClNO6/c1-14(2)32-12-4-11-26-21(16-7-10-18(27)19(13-16)31-3)20(23(29)24(26)30)22(28)15-5-8-17(25)9-6-15/h5-10,13-14,21,27-28H,4,11-12H2,1-3H3/t21-/m1/s1.